The average Bonchev–Trinajstić information content (AvgIpc) is 2.96. The minimum atomic E-state index is -1.01. The minimum Gasteiger partial charge on any atom is -0.479 e. The van der Waals surface area contributed by atoms with E-state index in [1.165, 1.54) is 5.57 Å². The van der Waals surface area contributed by atoms with Gasteiger partial charge in [0.2, 0.25) is 0 Å². The number of allylic oxidation sites excluding steroid dienone is 2. The summed E-state index contributed by atoms with van der Waals surface area (Å²) in [6.45, 7) is 12.2. The van der Waals surface area contributed by atoms with Gasteiger partial charge >= 0.3 is 5.97 Å². The van der Waals surface area contributed by atoms with Crippen LogP contribution in [0.3, 0.4) is 0 Å². The number of pyridine rings is 1. The standard InChI is InChI=1S/C24H31NO3S/c1-15-18(20(22(26)27)28-23(2,3)4)19(16-10-12-24(5,6)13-11-16)21(29-15)17-9-7-8-14-25-17/h7-10,14,20H,11-13H2,1-6H3,(H,26,27). The Kier molecular flexibility index (Phi) is 6.02. The van der Waals surface area contributed by atoms with Crippen molar-refractivity contribution in [1.82, 2.24) is 4.98 Å². The van der Waals surface area contributed by atoms with Gasteiger partial charge in [-0.2, -0.15) is 0 Å². The molecule has 0 saturated carbocycles. The summed E-state index contributed by atoms with van der Waals surface area (Å²) in [5.74, 6) is -0.952. The maximum Gasteiger partial charge on any atom is 0.337 e. The number of hydrogen-bond acceptors (Lipinski definition) is 4. The molecule has 2 aromatic rings. The number of ether oxygens (including phenoxy) is 1. The molecular formula is C24H31NO3S. The lowest BCUT2D eigenvalue weighted by Crippen LogP contribution is -2.28. The summed E-state index contributed by atoms with van der Waals surface area (Å²) in [4.78, 5) is 18.8. The van der Waals surface area contributed by atoms with Crippen LogP contribution >= 0.6 is 11.3 Å². The number of carbonyl (C=O) groups is 1. The number of carboxylic acids is 1. The third kappa shape index (κ3) is 4.96. The highest BCUT2D eigenvalue weighted by molar-refractivity contribution is 7.16. The van der Waals surface area contributed by atoms with Crippen LogP contribution in [0.15, 0.2) is 30.5 Å². The van der Waals surface area contributed by atoms with E-state index in [9.17, 15) is 9.90 Å². The van der Waals surface area contributed by atoms with Crippen molar-refractivity contribution in [3.8, 4) is 10.6 Å². The summed E-state index contributed by atoms with van der Waals surface area (Å²) in [6.07, 6.45) is 6.05. The molecule has 0 fully saturated rings. The van der Waals surface area contributed by atoms with Crippen molar-refractivity contribution < 1.29 is 14.6 Å². The Morgan fingerprint density at radius 1 is 1.31 bits per heavy atom. The van der Waals surface area contributed by atoms with Gasteiger partial charge in [-0.25, -0.2) is 4.79 Å². The molecule has 0 aromatic carbocycles. The molecule has 0 spiro atoms. The highest BCUT2D eigenvalue weighted by Crippen LogP contribution is 2.48. The second-order valence-electron chi connectivity index (χ2n) is 9.54. The zero-order valence-corrected chi connectivity index (χ0v) is 19.0. The first kappa shape index (κ1) is 21.7. The molecule has 0 amide bonds. The van der Waals surface area contributed by atoms with Crippen molar-refractivity contribution >= 4 is 22.9 Å². The van der Waals surface area contributed by atoms with Crippen LogP contribution in [0.5, 0.6) is 0 Å². The number of thiophene rings is 1. The van der Waals surface area contributed by atoms with E-state index >= 15 is 0 Å². The number of aromatic nitrogens is 1. The molecule has 2 heterocycles. The first-order chi connectivity index (χ1) is 13.5. The molecule has 5 heteroatoms. The van der Waals surface area contributed by atoms with Crippen LogP contribution in [0.25, 0.3) is 16.1 Å². The molecular weight excluding hydrogens is 382 g/mol. The highest BCUT2D eigenvalue weighted by atomic mass is 32.1. The van der Waals surface area contributed by atoms with E-state index in [0.29, 0.717) is 0 Å². The molecule has 1 unspecified atom stereocenters. The molecule has 0 saturated heterocycles. The maximum absolute atomic E-state index is 12.3. The Bertz CT molecular complexity index is 920. The van der Waals surface area contributed by atoms with E-state index in [-0.39, 0.29) is 5.41 Å². The number of aliphatic carboxylic acids is 1. The summed E-state index contributed by atoms with van der Waals surface area (Å²) in [5, 5.41) is 10.0. The summed E-state index contributed by atoms with van der Waals surface area (Å²) in [7, 11) is 0. The summed E-state index contributed by atoms with van der Waals surface area (Å²) in [5.41, 5.74) is 3.60. The van der Waals surface area contributed by atoms with Gasteiger partial charge in [-0.1, -0.05) is 26.0 Å². The molecule has 0 aliphatic heterocycles. The van der Waals surface area contributed by atoms with Gasteiger partial charge in [0.25, 0.3) is 0 Å². The van der Waals surface area contributed by atoms with Crippen LogP contribution in [-0.4, -0.2) is 21.7 Å². The quantitative estimate of drug-likeness (QED) is 0.596. The Morgan fingerprint density at radius 2 is 2.03 bits per heavy atom. The normalized spacial score (nSPS) is 17.7. The lowest BCUT2D eigenvalue weighted by atomic mass is 9.76. The van der Waals surface area contributed by atoms with Crippen LogP contribution in [0.4, 0.5) is 0 Å². The monoisotopic (exact) mass is 413 g/mol. The lowest BCUT2D eigenvalue weighted by Gasteiger charge is -2.30. The second-order valence-corrected chi connectivity index (χ2v) is 10.8. The van der Waals surface area contributed by atoms with Crippen LogP contribution < -0.4 is 0 Å². The average molecular weight is 414 g/mol. The molecule has 29 heavy (non-hydrogen) atoms. The van der Waals surface area contributed by atoms with Crippen molar-refractivity contribution in [3.05, 3.63) is 46.5 Å². The predicted octanol–water partition coefficient (Wildman–Crippen LogP) is 6.65. The fraction of sp³-hybridized carbons (Fsp3) is 0.500. The van der Waals surface area contributed by atoms with Crippen molar-refractivity contribution in [1.29, 1.82) is 0 Å². The smallest absolute Gasteiger partial charge is 0.337 e. The molecule has 4 nitrogen and oxygen atoms in total. The molecule has 156 valence electrons. The van der Waals surface area contributed by atoms with Crippen molar-refractivity contribution in [2.75, 3.05) is 0 Å². The molecule has 1 aliphatic carbocycles. The first-order valence-corrected chi connectivity index (χ1v) is 10.9. The van der Waals surface area contributed by atoms with E-state index in [2.05, 4.69) is 24.9 Å². The number of hydrogen-bond donors (Lipinski definition) is 1. The third-order valence-electron chi connectivity index (χ3n) is 5.28. The van der Waals surface area contributed by atoms with Crippen molar-refractivity contribution in [3.63, 3.8) is 0 Å². The summed E-state index contributed by atoms with van der Waals surface area (Å²) in [6, 6.07) is 5.86. The molecule has 3 rings (SSSR count). The van der Waals surface area contributed by atoms with Crippen molar-refractivity contribution in [2.24, 2.45) is 5.41 Å². The molecule has 2 aromatic heterocycles. The van der Waals surface area contributed by atoms with Crippen LogP contribution in [0.1, 0.15) is 76.0 Å². The SMILES string of the molecule is Cc1sc(-c2ccccn2)c(C2=CCC(C)(C)CC2)c1C(OC(C)(C)C)C(=O)O. The summed E-state index contributed by atoms with van der Waals surface area (Å²) < 4.78 is 6.05. The topological polar surface area (TPSA) is 59.4 Å². The van der Waals surface area contributed by atoms with Gasteiger partial charge < -0.3 is 9.84 Å². The van der Waals surface area contributed by atoms with Gasteiger partial charge in [0.05, 0.1) is 16.2 Å². The van der Waals surface area contributed by atoms with Gasteiger partial charge in [-0.15, -0.1) is 11.3 Å². The molecule has 0 bridgehead atoms. The van der Waals surface area contributed by atoms with E-state index < -0.39 is 17.7 Å². The van der Waals surface area contributed by atoms with E-state index in [1.54, 1.807) is 17.5 Å². The largest absolute Gasteiger partial charge is 0.479 e. The van der Waals surface area contributed by atoms with E-state index in [0.717, 1.165) is 45.8 Å². The highest BCUT2D eigenvalue weighted by Gasteiger charge is 2.35. The van der Waals surface area contributed by atoms with Crippen LogP contribution in [-0.2, 0) is 9.53 Å². The fourth-order valence-electron chi connectivity index (χ4n) is 3.76. The number of aryl methyl sites for hydroxylation is 1. The first-order valence-electron chi connectivity index (χ1n) is 10.1. The lowest BCUT2D eigenvalue weighted by molar-refractivity contribution is -0.160. The van der Waals surface area contributed by atoms with Crippen molar-refractivity contribution in [2.45, 2.75) is 72.5 Å². The van der Waals surface area contributed by atoms with E-state index in [1.807, 2.05) is 45.9 Å². The van der Waals surface area contributed by atoms with E-state index in [4.69, 9.17) is 4.74 Å². The van der Waals surface area contributed by atoms with Crippen LogP contribution in [0, 0.1) is 12.3 Å². The maximum atomic E-state index is 12.3. The second kappa shape index (κ2) is 8.04. The predicted molar refractivity (Wildman–Crippen MR) is 119 cm³/mol. The Labute approximate surface area is 177 Å². The Morgan fingerprint density at radius 3 is 2.55 bits per heavy atom. The van der Waals surface area contributed by atoms with Gasteiger partial charge in [0, 0.05) is 22.2 Å². The zero-order chi connectivity index (χ0) is 21.4. The third-order valence-corrected chi connectivity index (χ3v) is 6.42. The van der Waals surface area contributed by atoms with Gasteiger partial charge in [0.1, 0.15) is 0 Å². The summed E-state index contributed by atoms with van der Waals surface area (Å²) >= 11 is 1.61. The molecule has 1 aliphatic rings. The number of rotatable bonds is 5. The zero-order valence-electron chi connectivity index (χ0n) is 18.2. The van der Waals surface area contributed by atoms with Gasteiger partial charge in [-0.05, 0) is 70.1 Å². The van der Waals surface area contributed by atoms with Gasteiger partial charge in [0.15, 0.2) is 6.10 Å². The molecule has 0 radical (unpaired) electrons. The number of nitrogens with zero attached hydrogens (tertiary/aromatic N) is 1. The Balaban J connectivity index is 2.22. The number of carboxylic acid groups (broad SMARTS) is 1. The minimum absolute atomic E-state index is 0.272. The fourth-order valence-corrected chi connectivity index (χ4v) is 4.95. The van der Waals surface area contributed by atoms with Crippen LogP contribution in [0.2, 0.25) is 0 Å². The Hall–Kier alpha value is -1.98. The molecule has 1 atom stereocenters. The van der Waals surface area contributed by atoms with Gasteiger partial charge in [-0.3, -0.25) is 4.98 Å². The molecule has 1 N–H and O–H groups in total.